The van der Waals surface area contributed by atoms with E-state index in [4.69, 9.17) is 4.74 Å². The molecule has 1 heterocycles. The average Bonchev–Trinajstić information content (AvgIpc) is 2.72. The zero-order chi connectivity index (χ0) is 17.8. The number of fused-ring (bicyclic) bond motifs is 1. The summed E-state index contributed by atoms with van der Waals surface area (Å²) in [5.41, 5.74) is 2.01. The van der Waals surface area contributed by atoms with Crippen molar-refractivity contribution in [2.75, 3.05) is 26.2 Å². The summed E-state index contributed by atoms with van der Waals surface area (Å²) in [5, 5.41) is 2.29. The molecule has 1 unspecified atom stereocenters. The van der Waals surface area contributed by atoms with Crippen LogP contribution in [0, 0.1) is 0 Å². The van der Waals surface area contributed by atoms with Crippen LogP contribution >= 0.6 is 12.4 Å². The van der Waals surface area contributed by atoms with E-state index in [2.05, 4.69) is 29.2 Å². The van der Waals surface area contributed by atoms with Crippen LogP contribution in [0.1, 0.15) is 28.4 Å². The fourth-order valence-electron chi connectivity index (χ4n) is 3.54. The number of hydrogen-bond donors (Lipinski definition) is 0. The van der Waals surface area contributed by atoms with E-state index in [9.17, 15) is 4.79 Å². The Hall–Kier alpha value is -2.20. The van der Waals surface area contributed by atoms with E-state index in [-0.39, 0.29) is 24.3 Å². The van der Waals surface area contributed by atoms with E-state index < -0.39 is 0 Å². The van der Waals surface area contributed by atoms with Gasteiger partial charge in [0.15, 0.2) is 5.78 Å². The molecular formula is C23H24ClNO2. The summed E-state index contributed by atoms with van der Waals surface area (Å²) in [6.45, 7) is 3.21. The fraction of sp³-hybridized carbons (Fsp3) is 0.261. The van der Waals surface area contributed by atoms with Crippen molar-refractivity contribution in [3.05, 3.63) is 83.9 Å². The second kappa shape index (κ2) is 9.14. The topological polar surface area (TPSA) is 29.5 Å². The Kier molecular flexibility index (Phi) is 6.62. The number of hydrogen-bond acceptors (Lipinski definition) is 3. The zero-order valence-electron chi connectivity index (χ0n) is 15.2. The number of carbonyl (C=O) groups is 1. The molecule has 0 bridgehead atoms. The summed E-state index contributed by atoms with van der Waals surface area (Å²) in [6, 6.07) is 24.4. The molecule has 1 saturated heterocycles. The van der Waals surface area contributed by atoms with Crippen LogP contribution in [0.5, 0.6) is 0 Å². The second-order valence-electron chi connectivity index (χ2n) is 6.81. The molecule has 0 radical (unpaired) electrons. The van der Waals surface area contributed by atoms with Gasteiger partial charge in [-0.15, -0.1) is 12.4 Å². The van der Waals surface area contributed by atoms with Crippen LogP contribution in [-0.2, 0) is 4.74 Å². The van der Waals surface area contributed by atoms with Crippen LogP contribution in [0.25, 0.3) is 10.8 Å². The van der Waals surface area contributed by atoms with Crippen LogP contribution in [0.15, 0.2) is 72.8 Å². The normalized spacial score (nSPS) is 17.4. The Balaban J connectivity index is 0.00000210. The largest absolute Gasteiger partial charge is 0.371 e. The molecule has 0 aliphatic carbocycles. The van der Waals surface area contributed by atoms with Crippen LogP contribution in [0.3, 0.4) is 0 Å². The minimum absolute atomic E-state index is 0. The molecule has 3 aromatic rings. The van der Waals surface area contributed by atoms with E-state index >= 15 is 0 Å². The summed E-state index contributed by atoms with van der Waals surface area (Å²) < 4.78 is 5.91. The molecule has 140 valence electrons. The first-order valence-corrected chi connectivity index (χ1v) is 9.20. The number of carbonyl (C=O) groups excluding carboxylic acids is 1. The van der Waals surface area contributed by atoms with Crippen molar-refractivity contribution in [3.63, 3.8) is 0 Å². The standard InChI is InChI=1S/C23H23NO2.ClH/c25-22(21-11-10-18-6-4-5-9-20(18)16-21)12-13-24-14-15-26-23(17-24)19-7-2-1-3-8-19;/h1-11,16,23H,12-15,17H2;1H. The molecule has 4 rings (SSSR count). The van der Waals surface area contributed by atoms with Gasteiger partial charge in [0, 0.05) is 31.6 Å². The Labute approximate surface area is 166 Å². The smallest absolute Gasteiger partial charge is 0.164 e. The summed E-state index contributed by atoms with van der Waals surface area (Å²) in [5.74, 6) is 0.207. The highest BCUT2D eigenvalue weighted by atomic mass is 35.5. The van der Waals surface area contributed by atoms with Crippen molar-refractivity contribution in [3.8, 4) is 0 Å². The Bertz CT molecular complexity index is 897. The van der Waals surface area contributed by atoms with Crippen LogP contribution in [0.4, 0.5) is 0 Å². The lowest BCUT2D eigenvalue weighted by atomic mass is 10.0. The first-order chi connectivity index (χ1) is 12.8. The molecule has 1 aliphatic heterocycles. The van der Waals surface area contributed by atoms with Crippen LogP contribution in [0.2, 0.25) is 0 Å². The number of rotatable bonds is 5. The third kappa shape index (κ3) is 4.75. The minimum atomic E-state index is 0. The van der Waals surface area contributed by atoms with Gasteiger partial charge in [0.2, 0.25) is 0 Å². The molecule has 0 spiro atoms. The van der Waals surface area contributed by atoms with E-state index in [0.717, 1.165) is 30.6 Å². The molecular weight excluding hydrogens is 358 g/mol. The molecule has 27 heavy (non-hydrogen) atoms. The number of morpholine rings is 1. The van der Waals surface area contributed by atoms with Crippen molar-refractivity contribution in [2.45, 2.75) is 12.5 Å². The highest BCUT2D eigenvalue weighted by Gasteiger charge is 2.22. The molecule has 0 N–H and O–H groups in total. The van der Waals surface area contributed by atoms with Gasteiger partial charge in [0.1, 0.15) is 0 Å². The van der Waals surface area contributed by atoms with Gasteiger partial charge < -0.3 is 4.74 Å². The number of benzene rings is 3. The van der Waals surface area contributed by atoms with Gasteiger partial charge >= 0.3 is 0 Å². The molecule has 1 fully saturated rings. The molecule has 1 atom stereocenters. The SMILES string of the molecule is Cl.O=C(CCN1CCOC(c2ccccc2)C1)c1ccc2ccccc2c1. The number of ketones is 1. The Morgan fingerprint density at radius 1 is 0.963 bits per heavy atom. The minimum Gasteiger partial charge on any atom is -0.371 e. The van der Waals surface area contributed by atoms with E-state index in [0.29, 0.717) is 13.0 Å². The summed E-state index contributed by atoms with van der Waals surface area (Å²) >= 11 is 0. The molecule has 3 nitrogen and oxygen atoms in total. The molecule has 0 aromatic heterocycles. The lowest BCUT2D eigenvalue weighted by molar-refractivity contribution is -0.0297. The molecule has 0 saturated carbocycles. The second-order valence-corrected chi connectivity index (χ2v) is 6.81. The van der Waals surface area contributed by atoms with Gasteiger partial charge in [-0.1, -0.05) is 66.7 Å². The molecule has 3 aromatic carbocycles. The zero-order valence-corrected chi connectivity index (χ0v) is 16.0. The van der Waals surface area contributed by atoms with Gasteiger partial charge in [-0.2, -0.15) is 0 Å². The summed E-state index contributed by atoms with van der Waals surface area (Å²) in [4.78, 5) is 15.0. The highest BCUT2D eigenvalue weighted by Crippen LogP contribution is 2.22. The first kappa shape index (κ1) is 19.6. The van der Waals surface area contributed by atoms with Gasteiger partial charge in [0.05, 0.1) is 12.7 Å². The average molecular weight is 382 g/mol. The quantitative estimate of drug-likeness (QED) is 0.588. The Morgan fingerprint density at radius 3 is 2.52 bits per heavy atom. The van der Waals surface area contributed by atoms with Crippen molar-refractivity contribution < 1.29 is 9.53 Å². The lowest BCUT2D eigenvalue weighted by Crippen LogP contribution is -2.39. The van der Waals surface area contributed by atoms with Crippen molar-refractivity contribution >= 4 is 29.0 Å². The van der Waals surface area contributed by atoms with Crippen molar-refractivity contribution in [1.29, 1.82) is 0 Å². The van der Waals surface area contributed by atoms with Crippen LogP contribution in [-0.4, -0.2) is 36.9 Å². The third-order valence-corrected chi connectivity index (χ3v) is 5.05. The number of halogens is 1. The van der Waals surface area contributed by atoms with Crippen molar-refractivity contribution in [2.24, 2.45) is 0 Å². The lowest BCUT2D eigenvalue weighted by Gasteiger charge is -2.33. The molecule has 4 heteroatoms. The third-order valence-electron chi connectivity index (χ3n) is 5.05. The fourth-order valence-corrected chi connectivity index (χ4v) is 3.54. The first-order valence-electron chi connectivity index (χ1n) is 9.20. The monoisotopic (exact) mass is 381 g/mol. The van der Waals surface area contributed by atoms with Crippen LogP contribution < -0.4 is 0 Å². The van der Waals surface area contributed by atoms with Gasteiger partial charge in [0.25, 0.3) is 0 Å². The van der Waals surface area contributed by atoms with Gasteiger partial charge in [-0.3, -0.25) is 9.69 Å². The molecule has 1 aliphatic rings. The number of nitrogens with zero attached hydrogens (tertiary/aromatic N) is 1. The Morgan fingerprint density at radius 2 is 1.70 bits per heavy atom. The van der Waals surface area contributed by atoms with E-state index in [1.165, 1.54) is 10.9 Å². The maximum atomic E-state index is 12.6. The predicted octanol–water partition coefficient (Wildman–Crippen LogP) is 4.91. The predicted molar refractivity (Wildman–Crippen MR) is 112 cm³/mol. The van der Waals surface area contributed by atoms with Gasteiger partial charge in [-0.05, 0) is 22.4 Å². The summed E-state index contributed by atoms with van der Waals surface area (Å²) in [7, 11) is 0. The maximum Gasteiger partial charge on any atom is 0.164 e. The summed E-state index contributed by atoms with van der Waals surface area (Å²) in [6.07, 6.45) is 0.639. The van der Waals surface area contributed by atoms with Crippen molar-refractivity contribution in [1.82, 2.24) is 4.90 Å². The van der Waals surface area contributed by atoms with Gasteiger partial charge in [-0.25, -0.2) is 0 Å². The van der Waals surface area contributed by atoms with E-state index in [1.54, 1.807) is 0 Å². The maximum absolute atomic E-state index is 12.6. The number of Topliss-reactive ketones (excluding diaryl/α,β-unsaturated/α-hetero) is 1. The highest BCUT2D eigenvalue weighted by molar-refractivity contribution is 6.00. The number of ether oxygens (including phenoxy) is 1. The van der Waals surface area contributed by atoms with E-state index in [1.807, 2.05) is 48.5 Å². The molecule has 0 amide bonds.